The lowest BCUT2D eigenvalue weighted by atomic mass is 9.88. The molecule has 21 heavy (non-hydrogen) atoms. The summed E-state index contributed by atoms with van der Waals surface area (Å²) in [6, 6.07) is 5.96. The number of benzene rings is 1. The third-order valence-corrected chi connectivity index (χ3v) is 5.14. The van der Waals surface area contributed by atoms with Gasteiger partial charge in [-0.05, 0) is 70.4 Å². The lowest BCUT2D eigenvalue weighted by Crippen LogP contribution is -2.40. The fourth-order valence-corrected chi connectivity index (χ4v) is 4.08. The van der Waals surface area contributed by atoms with Crippen LogP contribution >= 0.6 is 15.9 Å². The molecule has 1 heterocycles. The van der Waals surface area contributed by atoms with Crippen molar-refractivity contribution in [3.05, 3.63) is 34.1 Å². The topological polar surface area (TPSA) is 15.3 Å². The summed E-state index contributed by atoms with van der Waals surface area (Å²) >= 11 is 3.58. The first-order chi connectivity index (χ1) is 10.0. The highest BCUT2D eigenvalue weighted by molar-refractivity contribution is 9.10. The minimum Gasteiger partial charge on any atom is -0.319 e. The first-order valence-corrected chi connectivity index (χ1v) is 8.69. The summed E-state index contributed by atoms with van der Waals surface area (Å²) in [6.45, 7) is 6.63. The van der Waals surface area contributed by atoms with Crippen LogP contribution in [0.3, 0.4) is 0 Å². The van der Waals surface area contributed by atoms with Crippen molar-refractivity contribution in [3.63, 3.8) is 0 Å². The van der Waals surface area contributed by atoms with E-state index in [1.165, 1.54) is 24.8 Å². The van der Waals surface area contributed by atoms with Crippen LogP contribution in [0.1, 0.15) is 44.7 Å². The maximum absolute atomic E-state index is 13.4. The maximum Gasteiger partial charge on any atom is 0.124 e. The second-order valence-corrected chi connectivity index (χ2v) is 7.11. The molecule has 0 bridgehead atoms. The average molecular weight is 357 g/mol. The molecule has 0 aliphatic carbocycles. The first kappa shape index (κ1) is 16.9. The highest BCUT2D eigenvalue weighted by atomic mass is 79.9. The van der Waals surface area contributed by atoms with Crippen LogP contribution in [0, 0.1) is 11.7 Å². The van der Waals surface area contributed by atoms with Gasteiger partial charge in [-0.3, -0.25) is 4.90 Å². The lowest BCUT2D eigenvalue weighted by Gasteiger charge is -2.38. The zero-order valence-electron chi connectivity index (χ0n) is 13.2. The van der Waals surface area contributed by atoms with Gasteiger partial charge in [0.15, 0.2) is 0 Å². The van der Waals surface area contributed by atoms with Crippen LogP contribution in [0.4, 0.5) is 4.39 Å². The molecule has 1 aliphatic rings. The van der Waals surface area contributed by atoms with E-state index in [1.807, 2.05) is 13.1 Å². The van der Waals surface area contributed by atoms with Crippen molar-refractivity contribution >= 4 is 15.9 Å². The van der Waals surface area contributed by atoms with Crippen molar-refractivity contribution in [3.8, 4) is 0 Å². The van der Waals surface area contributed by atoms with E-state index in [1.54, 1.807) is 12.1 Å². The molecule has 1 saturated heterocycles. The Morgan fingerprint density at radius 3 is 2.76 bits per heavy atom. The Labute approximate surface area is 136 Å². The highest BCUT2D eigenvalue weighted by Gasteiger charge is 2.33. The van der Waals surface area contributed by atoms with Crippen LogP contribution in [-0.2, 0) is 0 Å². The molecule has 118 valence electrons. The van der Waals surface area contributed by atoms with E-state index in [4.69, 9.17) is 0 Å². The summed E-state index contributed by atoms with van der Waals surface area (Å²) in [5.74, 6) is 0.377. The standard InChI is InChI=1S/C17H26BrFN2/c1-12(2)21-9-5-4-6-13(11-20-3)17(21)15-8-7-14(19)10-16(15)18/h7-8,10,12-13,17,20H,4-6,9,11H2,1-3H3. The highest BCUT2D eigenvalue weighted by Crippen LogP contribution is 2.39. The predicted octanol–water partition coefficient (Wildman–Crippen LogP) is 4.36. The molecule has 2 atom stereocenters. The van der Waals surface area contributed by atoms with Crippen molar-refractivity contribution in [2.75, 3.05) is 20.1 Å². The van der Waals surface area contributed by atoms with E-state index in [9.17, 15) is 4.39 Å². The Morgan fingerprint density at radius 2 is 2.14 bits per heavy atom. The van der Waals surface area contributed by atoms with Gasteiger partial charge in [0.25, 0.3) is 0 Å². The quantitative estimate of drug-likeness (QED) is 0.861. The second kappa shape index (κ2) is 7.70. The number of rotatable bonds is 4. The number of hydrogen-bond donors (Lipinski definition) is 1. The van der Waals surface area contributed by atoms with E-state index in [-0.39, 0.29) is 5.82 Å². The van der Waals surface area contributed by atoms with Gasteiger partial charge in [-0.1, -0.05) is 28.4 Å². The van der Waals surface area contributed by atoms with E-state index in [0.29, 0.717) is 18.0 Å². The molecular formula is C17H26BrFN2. The molecule has 2 rings (SSSR count). The lowest BCUT2D eigenvalue weighted by molar-refractivity contribution is 0.118. The summed E-state index contributed by atoms with van der Waals surface area (Å²) < 4.78 is 14.3. The van der Waals surface area contributed by atoms with Gasteiger partial charge in [-0.25, -0.2) is 4.39 Å². The van der Waals surface area contributed by atoms with Gasteiger partial charge in [0.1, 0.15) is 5.82 Å². The van der Waals surface area contributed by atoms with E-state index in [2.05, 4.69) is 40.0 Å². The fraction of sp³-hybridized carbons (Fsp3) is 0.647. The summed E-state index contributed by atoms with van der Waals surface area (Å²) in [7, 11) is 2.02. The molecule has 0 amide bonds. The Hall–Kier alpha value is -0.450. The van der Waals surface area contributed by atoms with Gasteiger partial charge in [0, 0.05) is 16.6 Å². The third-order valence-electron chi connectivity index (χ3n) is 4.46. The predicted molar refractivity (Wildman–Crippen MR) is 90.0 cm³/mol. The number of nitrogens with zero attached hydrogens (tertiary/aromatic N) is 1. The Balaban J connectivity index is 2.42. The smallest absolute Gasteiger partial charge is 0.124 e. The largest absolute Gasteiger partial charge is 0.319 e. The van der Waals surface area contributed by atoms with Crippen LogP contribution in [-0.4, -0.2) is 31.1 Å². The van der Waals surface area contributed by atoms with Gasteiger partial charge in [-0.15, -0.1) is 0 Å². The third kappa shape index (κ3) is 4.05. The maximum atomic E-state index is 13.4. The molecule has 1 aromatic carbocycles. The van der Waals surface area contributed by atoms with Crippen LogP contribution in [0.2, 0.25) is 0 Å². The zero-order chi connectivity index (χ0) is 15.4. The molecular weight excluding hydrogens is 331 g/mol. The minimum atomic E-state index is -0.180. The molecule has 0 spiro atoms. The Morgan fingerprint density at radius 1 is 1.38 bits per heavy atom. The van der Waals surface area contributed by atoms with Crippen LogP contribution in [0.25, 0.3) is 0 Å². The van der Waals surface area contributed by atoms with Crippen LogP contribution < -0.4 is 5.32 Å². The summed E-state index contributed by atoms with van der Waals surface area (Å²) in [6.07, 6.45) is 3.73. The second-order valence-electron chi connectivity index (χ2n) is 6.26. The fourth-order valence-electron chi connectivity index (χ4n) is 3.50. The van der Waals surface area contributed by atoms with Crippen molar-refractivity contribution < 1.29 is 4.39 Å². The van der Waals surface area contributed by atoms with Crippen molar-refractivity contribution in [2.45, 2.75) is 45.2 Å². The van der Waals surface area contributed by atoms with Crippen molar-refractivity contribution in [1.82, 2.24) is 10.2 Å². The Kier molecular flexibility index (Phi) is 6.20. The normalized spacial score (nSPS) is 24.3. The molecule has 0 saturated carbocycles. The molecule has 1 fully saturated rings. The first-order valence-electron chi connectivity index (χ1n) is 7.90. The molecule has 0 radical (unpaired) electrons. The van der Waals surface area contributed by atoms with E-state index in [0.717, 1.165) is 17.6 Å². The van der Waals surface area contributed by atoms with E-state index < -0.39 is 0 Å². The number of nitrogens with one attached hydrogen (secondary N) is 1. The summed E-state index contributed by atoms with van der Waals surface area (Å²) in [5.41, 5.74) is 1.22. The molecule has 1 N–H and O–H groups in total. The van der Waals surface area contributed by atoms with Gasteiger partial charge in [0.05, 0.1) is 0 Å². The molecule has 0 aromatic heterocycles. The van der Waals surface area contributed by atoms with Gasteiger partial charge in [0.2, 0.25) is 0 Å². The average Bonchev–Trinajstić information content (AvgIpc) is 2.62. The monoisotopic (exact) mass is 356 g/mol. The molecule has 4 heteroatoms. The number of hydrogen-bond acceptors (Lipinski definition) is 2. The zero-order valence-corrected chi connectivity index (χ0v) is 14.8. The molecule has 1 aromatic rings. The molecule has 1 aliphatic heterocycles. The SMILES string of the molecule is CNCC1CCCCN(C(C)C)C1c1ccc(F)cc1Br. The van der Waals surface area contributed by atoms with Crippen LogP contribution in [0.5, 0.6) is 0 Å². The molecule has 2 unspecified atom stereocenters. The van der Waals surface area contributed by atoms with Crippen molar-refractivity contribution in [1.29, 1.82) is 0 Å². The Bertz CT molecular complexity index is 464. The minimum absolute atomic E-state index is 0.180. The van der Waals surface area contributed by atoms with Gasteiger partial charge >= 0.3 is 0 Å². The van der Waals surface area contributed by atoms with Gasteiger partial charge < -0.3 is 5.32 Å². The van der Waals surface area contributed by atoms with Crippen molar-refractivity contribution in [2.24, 2.45) is 5.92 Å². The van der Waals surface area contributed by atoms with E-state index >= 15 is 0 Å². The summed E-state index contributed by atoms with van der Waals surface area (Å²) in [4.78, 5) is 2.58. The number of halogens is 2. The van der Waals surface area contributed by atoms with Gasteiger partial charge in [-0.2, -0.15) is 0 Å². The number of likely N-dealkylation sites (tertiary alicyclic amines) is 1. The molecule has 2 nitrogen and oxygen atoms in total. The van der Waals surface area contributed by atoms with Crippen LogP contribution in [0.15, 0.2) is 22.7 Å². The summed E-state index contributed by atoms with van der Waals surface area (Å²) in [5, 5.41) is 3.34.